The van der Waals surface area contributed by atoms with Crippen LogP contribution in [0.3, 0.4) is 0 Å². The van der Waals surface area contributed by atoms with Crippen molar-refractivity contribution in [1.82, 2.24) is 9.80 Å². The van der Waals surface area contributed by atoms with Crippen LogP contribution in [-0.4, -0.2) is 70.2 Å². The van der Waals surface area contributed by atoms with Crippen molar-refractivity contribution in [2.24, 2.45) is 0 Å². The Hall–Kier alpha value is -6.72. The summed E-state index contributed by atoms with van der Waals surface area (Å²) in [5, 5.41) is 0. The molecule has 10 nitrogen and oxygen atoms in total. The third-order valence-electron chi connectivity index (χ3n) is 8.87. The predicted octanol–water partition coefficient (Wildman–Crippen LogP) is 10.3. The van der Waals surface area contributed by atoms with Crippen LogP contribution in [-0.2, 0) is 35.9 Å². The molecule has 0 amide bonds. The predicted molar refractivity (Wildman–Crippen MR) is 245 cm³/mol. The van der Waals surface area contributed by atoms with Gasteiger partial charge in [-0.05, 0) is 67.5 Å². The Morgan fingerprint density at radius 2 is 0.855 bits per heavy atom. The molecular formula is C52H58N2O8. The Morgan fingerprint density at radius 3 is 1.18 bits per heavy atom. The summed E-state index contributed by atoms with van der Waals surface area (Å²) in [6.45, 7) is 3.24. The number of ether oxygens (including phenoxy) is 6. The first kappa shape index (κ1) is 48.0. The van der Waals surface area contributed by atoms with Crippen LogP contribution in [0.15, 0.2) is 170 Å². The highest BCUT2D eigenvalue weighted by molar-refractivity contribution is 6.06. The summed E-state index contributed by atoms with van der Waals surface area (Å²) in [6.07, 6.45) is 3.05. The van der Waals surface area contributed by atoms with Gasteiger partial charge in [0.1, 0.15) is 49.4 Å². The van der Waals surface area contributed by atoms with Crippen molar-refractivity contribution < 1.29 is 38.0 Å². The van der Waals surface area contributed by atoms with Crippen LogP contribution >= 0.6 is 0 Å². The quantitative estimate of drug-likeness (QED) is 0.0446. The molecule has 0 saturated heterocycles. The standard InChI is InChI=1S/C25H25NO3.C22H20O3.C5H13NO2/c1-26(2)16-15-24(27)23-14-13-22(28-18-20-9-5-3-6-10-20)17-25(23)29-19-21-11-7-4-8-12-21;1-17(23)21-13-12-20(24-15-18-8-4-2-5-9-18)14-22(21)25-16-19-10-6-3-7-11-19;1-6(2)5(7-3)8-4/h3-17H,18-19H2,1-2H3;2-14H,15-16H2,1H3;5H,1-4H3/b16-15-;;. The molecule has 6 aromatic carbocycles. The van der Waals surface area contributed by atoms with Crippen molar-refractivity contribution in [3.63, 3.8) is 0 Å². The van der Waals surface area contributed by atoms with E-state index in [2.05, 4.69) is 0 Å². The Kier molecular flexibility index (Phi) is 20.5. The van der Waals surface area contributed by atoms with Crippen LogP contribution in [0, 0.1) is 0 Å². The maximum Gasteiger partial charge on any atom is 0.217 e. The minimum Gasteiger partial charge on any atom is -0.489 e. The van der Waals surface area contributed by atoms with Crippen LogP contribution in [0.4, 0.5) is 0 Å². The fourth-order valence-electron chi connectivity index (χ4n) is 5.69. The first-order valence-corrected chi connectivity index (χ1v) is 20.1. The molecule has 62 heavy (non-hydrogen) atoms. The molecule has 0 heterocycles. The van der Waals surface area contributed by atoms with E-state index in [-0.39, 0.29) is 18.0 Å². The average molecular weight is 839 g/mol. The zero-order valence-corrected chi connectivity index (χ0v) is 36.7. The van der Waals surface area contributed by atoms with Crippen molar-refractivity contribution >= 4 is 11.6 Å². The summed E-state index contributed by atoms with van der Waals surface area (Å²) >= 11 is 0. The van der Waals surface area contributed by atoms with Gasteiger partial charge in [-0.1, -0.05) is 121 Å². The molecule has 0 radical (unpaired) electrons. The van der Waals surface area contributed by atoms with E-state index < -0.39 is 0 Å². The molecule has 0 spiro atoms. The summed E-state index contributed by atoms with van der Waals surface area (Å²) in [5.41, 5.74) is 5.31. The van der Waals surface area contributed by atoms with E-state index in [1.54, 1.807) is 56.8 Å². The number of benzene rings is 6. The molecular weight excluding hydrogens is 781 g/mol. The van der Waals surface area contributed by atoms with Crippen LogP contribution in [0.5, 0.6) is 23.0 Å². The topological polar surface area (TPSA) is 96.0 Å². The number of rotatable bonds is 19. The molecule has 0 unspecified atom stereocenters. The van der Waals surface area contributed by atoms with Crippen molar-refractivity contribution in [1.29, 1.82) is 0 Å². The largest absolute Gasteiger partial charge is 0.489 e. The maximum absolute atomic E-state index is 12.6. The normalized spacial score (nSPS) is 10.6. The SMILES string of the molecule is CC(=O)c1ccc(OCc2ccccc2)cc1OCc1ccccc1.CN(C)/C=C\C(=O)c1ccc(OCc2ccccc2)cc1OCc1ccccc1.COC(OC)N(C)C. The van der Waals surface area contributed by atoms with Crippen LogP contribution in [0.25, 0.3) is 0 Å². The highest BCUT2D eigenvalue weighted by Gasteiger charge is 2.14. The summed E-state index contributed by atoms with van der Waals surface area (Å²) in [5.74, 6) is 2.24. The molecule has 0 aromatic heterocycles. The summed E-state index contributed by atoms with van der Waals surface area (Å²) in [7, 11) is 10.7. The molecule has 6 rings (SSSR count). The zero-order valence-electron chi connectivity index (χ0n) is 36.7. The number of hydrogen-bond acceptors (Lipinski definition) is 10. The van der Waals surface area contributed by atoms with Crippen molar-refractivity contribution in [2.75, 3.05) is 42.4 Å². The van der Waals surface area contributed by atoms with Gasteiger partial charge in [-0.2, -0.15) is 0 Å². The first-order chi connectivity index (χ1) is 30.1. The Bertz CT molecular complexity index is 2230. The lowest BCUT2D eigenvalue weighted by molar-refractivity contribution is -0.179. The van der Waals surface area contributed by atoms with E-state index in [4.69, 9.17) is 28.4 Å². The second kappa shape index (κ2) is 26.5. The number of nitrogens with zero attached hydrogens (tertiary/aromatic N) is 2. The van der Waals surface area contributed by atoms with Crippen LogP contribution < -0.4 is 18.9 Å². The Balaban J connectivity index is 0.000000234. The fraction of sp³-hybridized carbons (Fsp3) is 0.231. The van der Waals surface area contributed by atoms with Gasteiger partial charge in [0.25, 0.3) is 0 Å². The summed E-state index contributed by atoms with van der Waals surface area (Å²) in [6, 6.07) is 50.3. The van der Waals surface area contributed by atoms with E-state index in [1.807, 2.05) is 159 Å². The maximum atomic E-state index is 12.6. The van der Waals surface area contributed by atoms with Gasteiger partial charge in [0, 0.05) is 52.7 Å². The number of methoxy groups -OCH3 is 2. The third kappa shape index (κ3) is 17.1. The third-order valence-corrected chi connectivity index (χ3v) is 8.87. The van der Waals surface area contributed by atoms with Gasteiger partial charge in [-0.25, -0.2) is 0 Å². The van der Waals surface area contributed by atoms with Crippen molar-refractivity contribution in [3.05, 3.63) is 203 Å². The highest BCUT2D eigenvalue weighted by Crippen LogP contribution is 2.29. The number of allylic oxidation sites excluding steroid dienone is 1. The highest BCUT2D eigenvalue weighted by atomic mass is 16.7. The molecule has 0 bridgehead atoms. The lowest BCUT2D eigenvalue weighted by Gasteiger charge is -2.19. The zero-order chi connectivity index (χ0) is 44.5. The molecule has 0 aliphatic rings. The molecule has 10 heteroatoms. The monoisotopic (exact) mass is 838 g/mol. The average Bonchev–Trinajstić information content (AvgIpc) is 3.30. The Labute approximate surface area is 366 Å². The molecule has 0 aliphatic carbocycles. The van der Waals surface area contributed by atoms with E-state index in [1.165, 1.54) is 13.0 Å². The fourth-order valence-corrected chi connectivity index (χ4v) is 5.69. The van der Waals surface area contributed by atoms with Crippen molar-refractivity contribution in [3.8, 4) is 23.0 Å². The number of Topliss-reactive ketones (excluding diaryl/α,β-unsaturated/α-hetero) is 1. The molecule has 0 fully saturated rings. The molecule has 0 aliphatic heterocycles. The second-order valence-electron chi connectivity index (χ2n) is 14.4. The smallest absolute Gasteiger partial charge is 0.217 e. The van der Waals surface area contributed by atoms with Crippen molar-refractivity contribution in [2.45, 2.75) is 39.8 Å². The van der Waals surface area contributed by atoms with Crippen LogP contribution in [0.2, 0.25) is 0 Å². The lowest BCUT2D eigenvalue weighted by Crippen LogP contribution is -2.30. The molecule has 0 N–H and O–H groups in total. The minimum atomic E-state index is -0.213. The molecule has 324 valence electrons. The first-order valence-electron chi connectivity index (χ1n) is 20.1. The number of ketones is 2. The van der Waals surface area contributed by atoms with Gasteiger partial charge in [-0.3, -0.25) is 14.5 Å². The van der Waals surface area contributed by atoms with Crippen LogP contribution in [0.1, 0.15) is 49.9 Å². The van der Waals surface area contributed by atoms with Gasteiger partial charge in [0.05, 0.1) is 11.1 Å². The van der Waals surface area contributed by atoms with Gasteiger partial charge in [-0.15, -0.1) is 0 Å². The number of carbonyl (C=O) groups excluding carboxylic acids is 2. The molecule has 0 saturated carbocycles. The van der Waals surface area contributed by atoms with Gasteiger partial charge < -0.3 is 33.3 Å². The minimum absolute atomic E-state index is 0.0299. The van der Waals surface area contributed by atoms with Gasteiger partial charge in [0.15, 0.2) is 11.6 Å². The summed E-state index contributed by atoms with van der Waals surface area (Å²) < 4.78 is 33.3. The van der Waals surface area contributed by atoms with E-state index in [9.17, 15) is 9.59 Å². The lowest BCUT2D eigenvalue weighted by atomic mass is 10.1. The number of carbonyl (C=O) groups is 2. The van der Waals surface area contributed by atoms with Gasteiger partial charge >= 0.3 is 0 Å². The van der Waals surface area contributed by atoms with E-state index >= 15 is 0 Å². The molecule has 0 atom stereocenters. The number of hydrogen-bond donors (Lipinski definition) is 0. The van der Waals surface area contributed by atoms with E-state index in [0.717, 1.165) is 22.3 Å². The second-order valence-corrected chi connectivity index (χ2v) is 14.4. The molecule has 6 aromatic rings. The Morgan fingerprint density at radius 1 is 0.500 bits per heavy atom. The van der Waals surface area contributed by atoms with Gasteiger partial charge in [0.2, 0.25) is 6.41 Å². The van der Waals surface area contributed by atoms with E-state index in [0.29, 0.717) is 60.6 Å². The summed E-state index contributed by atoms with van der Waals surface area (Å²) in [4.78, 5) is 28.1.